The fourth-order valence-corrected chi connectivity index (χ4v) is 3.13. The molecule has 1 N–H and O–H groups in total. The number of piperidine rings is 1. The summed E-state index contributed by atoms with van der Waals surface area (Å²) in [7, 11) is 0. The van der Waals surface area contributed by atoms with Crippen LogP contribution in [0.5, 0.6) is 0 Å². The highest BCUT2D eigenvalue weighted by molar-refractivity contribution is 4.88. The van der Waals surface area contributed by atoms with Crippen LogP contribution in [0.1, 0.15) is 60.8 Å². The lowest BCUT2D eigenvalue weighted by molar-refractivity contribution is 0.0717. The molecule has 1 saturated heterocycles. The van der Waals surface area contributed by atoms with Crippen molar-refractivity contribution >= 4 is 0 Å². The van der Waals surface area contributed by atoms with E-state index in [4.69, 9.17) is 0 Å². The third-order valence-corrected chi connectivity index (χ3v) is 4.92. The summed E-state index contributed by atoms with van der Waals surface area (Å²) < 4.78 is 0. The van der Waals surface area contributed by atoms with Crippen LogP contribution in [0.3, 0.4) is 0 Å². The molecule has 1 heterocycles. The molecule has 0 bridgehead atoms. The molecule has 0 atom stereocenters. The first-order valence-corrected chi connectivity index (χ1v) is 6.96. The van der Waals surface area contributed by atoms with E-state index in [1.165, 1.54) is 32.4 Å². The molecular weight excluding hydrogens is 194 g/mol. The van der Waals surface area contributed by atoms with Crippen molar-refractivity contribution in [3.8, 4) is 0 Å². The Labute approximate surface area is 102 Å². The van der Waals surface area contributed by atoms with E-state index in [-0.39, 0.29) is 0 Å². The van der Waals surface area contributed by atoms with Crippen LogP contribution in [0.2, 0.25) is 0 Å². The van der Waals surface area contributed by atoms with Crippen LogP contribution in [-0.2, 0) is 0 Å². The minimum absolute atomic E-state index is 0.467. The van der Waals surface area contributed by atoms with Gasteiger partial charge in [0.05, 0.1) is 0 Å². The molecule has 1 heteroatoms. The third-order valence-electron chi connectivity index (χ3n) is 4.92. The molecule has 0 spiro atoms. The number of hydrogen-bond donors (Lipinski definition) is 1. The molecule has 1 fully saturated rings. The van der Waals surface area contributed by atoms with Gasteiger partial charge in [0.25, 0.3) is 0 Å². The van der Waals surface area contributed by atoms with E-state index in [9.17, 15) is 0 Å². The third kappa shape index (κ3) is 3.48. The standard InChI is InChI=1S/C15H31N/c1-12(2)14(3,4)11-15(5,6)13-7-9-16-10-8-13/h12-13,16H,7-11H2,1-6H3. The average molecular weight is 225 g/mol. The SMILES string of the molecule is CC(C)C(C)(C)CC(C)(C)C1CCNCC1. The van der Waals surface area contributed by atoms with Gasteiger partial charge in [0.15, 0.2) is 0 Å². The van der Waals surface area contributed by atoms with Crippen molar-refractivity contribution in [3.63, 3.8) is 0 Å². The van der Waals surface area contributed by atoms with Gasteiger partial charge in [-0.15, -0.1) is 0 Å². The van der Waals surface area contributed by atoms with Crippen molar-refractivity contribution in [2.75, 3.05) is 13.1 Å². The molecule has 1 nitrogen and oxygen atoms in total. The van der Waals surface area contributed by atoms with Crippen LogP contribution >= 0.6 is 0 Å². The Morgan fingerprint density at radius 1 is 1.06 bits per heavy atom. The first kappa shape index (κ1) is 14.0. The predicted molar refractivity (Wildman–Crippen MR) is 72.6 cm³/mol. The Hall–Kier alpha value is -0.0400. The van der Waals surface area contributed by atoms with Gasteiger partial charge in [-0.25, -0.2) is 0 Å². The smallest absolute Gasteiger partial charge is 0.00461 e. The van der Waals surface area contributed by atoms with Gasteiger partial charge in [-0.2, -0.15) is 0 Å². The zero-order valence-corrected chi connectivity index (χ0v) is 12.2. The molecule has 0 aromatic rings. The van der Waals surface area contributed by atoms with Crippen LogP contribution < -0.4 is 5.32 Å². The highest BCUT2D eigenvalue weighted by Gasteiger charge is 2.36. The molecule has 1 aliphatic rings. The van der Waals surface area contributed by atoms with Gasteiger partial charge in [0, 0.05) is 0 Å². The fourth-order valence-electron chi connectivity index (χ4n) is 3.13. The van der Waals surface area contributed by atoms with Gasteiger partial charge in [0.2, 0.25) is 0 Å². The molecule has 96 valence electrons. The van der Waals surface area contributed by atoms with E-state index in [1.54, 1.807) is 0 Å². The summed E-state index contributed by atoms with van der Waals surface area (Å²) >= 11 is 0. The van der Waals surface area contributed by atoms with E-state index in [0.29, 0.717) is 10.8 Å². The van der Waals surface area contributed by atoms with E-state index in [0.717, 1.165) is 11.8 Å². The van der Waals surface area contributed by atoms with Crippen LogP contribution in [0, 0.1) is 22.7 Å². The van der Waals surface area contributed by atoms with Crippen molar-refractivity contribution in [1.29, 1.82) is 0 Å². The van der Waals surface area contributed by atoms with Gasteiger partial charge in [-0.1, -0.05) is 41.5 Å². The molecule has 0 amide bonds. The van der Waals surface area contributed by atoms with E-state index in [1.807, 2.05) is 0 Å². The number of nitrogens with one attached hydrogen (secondary N) is 1. The molecule has 16 heavy (non-hydrogen) atoms. The summed E-state index contributed by atoms with van der Waals surface area (Å²) in [5, 5.41) is 3.47. The Morgan fingerprint density at radius 2 is 1.56 bits per heavy atom. The monoisotopic (exact) mass is 225 g/mol. The second-order valence-electron chi connectivity index (χ2n) is 7.33. The minimum Gasteiger partial charge on any atom is -0.317 e. The Bertz CT molecular complexity index is 209. The summed E-state index contributed by atoms with van der Waals surface area (Å²) in [6.45, 7) is 17.0. The predicted octanol–water partition coefficient (Wildman–Crippen LogP) is 4.08. The molecular formula is C15H31N. The van der Waals surface area contributed by atoms with Crippen LogP contribution in [0.4, 0.5) is 0 Å². The highest BCUT2D eigenvalue weighted by atomic mass is 14.9. The van der Waals surface area contributed by atoms with Crippen molar-refractivity contribution < 1.29 is 0 Å². The van der Waals surface area contributed by atoms with Gasteiger partial charge in [0.1, 0.15) is 0 Å². The lowest BCUT2D eigenvalue weighted by atomic mass is 9.63. The van der Waals surface area contributed by atoms with Crippen molar-refractivity contribution in [2.24, 2.45) is 22.7 Å². The zero-order valence-electron chi connectivity index (χ0n) is 12.2. The zero-order chi connectivity index (χ0) is 12.4. The minimum atomic E-state index is 0.467. The first-order valence-electron chi connectivity index (χ1n) is 6.96. The van der Waals surface area contributed by atoms with Crippen LogP contribution in [0.15, 0.2) is 0 Å². The summed E-state index contributed by atoms with van der Waals surface area (Å²) in [6, 6.07) is 0. The van der Waals surface area contributed by atoms with Crippen molar-refractivity contribution in [3.05, 3.63) is 0 Å². The Balaban J connectivity index is 2.62. The summed E-state index contributed by atoms with van der Waals surface area (Å²) in [6.07, 6.45) is 4.07. The molecule has 0 aromatic carbocycles. The topological polar surface area (TPSA) is 12.0 Å². The Kier molecular flexibility index (Phi) is 4.45. The average Bonchev–Trinajstić information content (AvgIpc) is 2.17. The van der Waals surface area contributed by atoms with Crippen molar-refractivity contribution in [2.45, 2.75) is 60.8 Å². The second-order valence-corrected chi connectivity index (χ2v) is 7.33. The van der Waals surface area contributed by atoms with Gasteiger partial charge < -0.3 is 5.32 Å². The molecule has 1 aliphatic heterocycles. The van der Waals surface area contributed by atoms with Crippen LogP contribution in [-0.4, -0.2) is 13.1 Å². The van der Waals surface area contributed by atoms with E-state index >= 15 is 0 Å². The van der Waals surface area contributed by atoms with Crippen molar-refractivity contribution in [1.82, 2.24) is 5.32 Å². The lowest BCUT2D eigenvalue weighted by Gasteiger charge is -2.44. The van der Waals surface area contributed by atoms with Gasteiger partial charge in [-0.05, 0) is 55.0 Å². The maximum Gasteiger partial charge on any atom is -0.00461 e. The molecule has 0 radical (unpaired) electrons. The largest absolute Gasteiger partial charge is 0.317 e. The molecule has 0 unspecified atom stereocenters. The Morgan fingerprint density at radius 3 is 2.00 bits per heavy atom. The summed E-state index contributed by atoms with van der Waals surface area (Å²) in [5.74, 6) is 1.68. The van der Waals surface area contributed by atoms with Crippen LogP contribution in [0.25, 0.3) is 0 Å². The maximum absolute atomic E-state index is 3.47. The summed E-state index contributed by atoms with van der Waals surface area (Å²) in [5.41, 5.74) is 0.963. The fraction of sp³-hybridized carbons (Fsp3) is 1.00. The molecule has 0 saturated carbocycles. The second kappa shape index (κ2) is 5.08. The lowest BCUT2D eigenvalue weighted by Crippen LogP contribution is -2.39. The van der Waals surface area contributed by atoms with Gasteiger partial charge >= 0.3 is 0 Å². The molecule has 1 rings (SSSR count). The molecule has 0 aliphatic carbocycles. The summed E-state index contributed by atoms with van der Waals surface area (Å²) in [4.78, 5) is 0. The quantitative estimate of drug-likeness (QED) is 0.760. The molecule has 0 aromatic heterocycles. The van der Waals surface area contributed by atoms with E-state index < -0.39 is 0 Å². The van der Waals surface area contributed by atoms with E-state index in [2.05, 4.69) is 46.9 Å². The highest BCUT2D eigenvalue weighted by Crippen LogP contribution is 2.45. The number of rotatable bonds is 4. The number of hydrogen-bond acceptors (Lipinski definition) is 1. The normalized spacial score (nSPS) is 20.4. The van der Waals surface area contributed by atoms with Gasteiger partial charge in [-0.3, -0.25) is 0 Å². The first-order chi connectivity index (χ1) is 7.26. The maximum atomic E-state index is 3.47.